The number of carbonyl (C=O) groups excluding carboxylic acids is 1. The molecular weight excluding hydrogens is 236 g/mol. The second-order valence-corrected chi connectivity index (χ2v) is 4.57. The molecule has 1 amide bonds. The van der Waals surface area contributed by atoms with Gasteiger partial charge in [-0.2, -0.15) is 0 Å². The number of hydrogen-bond acceptors (Lipinski definition) is 5. The van der Waals surface area contributed by atoms with Crippen molar-refractivity contribution in [1.82, 2.24) is 20.3 Å². The highest BCUT2D eigenvalue weighted by molar-refractivity contribution is 7.09. The molecular formula is C11H12N4OS. The third-order valence-electron chi connectivity index (χ3n) is 2.09. The molecule has 2 rings (SSSR count). The fourth-order valence-corrected chi connectivity index (χ4v) is 1.94. The summed E-state index contributed by atoms with van der Waals surface area (Å²) in [5.74, 6) is -0.0547. The Hall–Kier alpha value is -1.82. The summed E-state index contributed by atoms with van der Waals surface area (Å²) in [6.07, 6.45) is 5.15. The lowest BCUT2D eigenvalue weighted by atomic mass is 10.3. The van der Waals surface area contributed by atoms with Gasteiger partial charge >= 0.3 is 0 Å². The third-order valence-corrected chi connectivity index (χ3v) is 2.91. The molecule has 0 atom stereocenters. The smallest absolute Gasteiger partial charge is 0.226 e. The summed E-state index contributed by atoms with van der Waals surface area (Å²) < 4.78 is 0. The Morgan fingerprint density at radius 3 is 2.94 bits per heavy atom. The van der Waals surface area contributed by atoms with Crippen LogP contribution in [-0.2, 0) is 17.8 Å². The highest BCUT2D eigenvalue weighted by Crippen LogP contribution is 2.08. The van der Waals surface area contributed by atoms with Crippen LogP contribution in [0.25, 0.3) is 0 Å². The van der Waals surface area contributed by atoms with Gasteiger partial charge in [0.2, 0.25) is 5.91 Å². The van der Waals surface area contributed by atoms with Crippen LogP contribution in [-0.4, -0.2) is 20.9 Å². The van der Waals surface area contributed by atoms with Crippen LogP contribution < -0.4 is 5.32 Å². The van der Waals surface area contributed by atoms with E-state index in [4.69, 9.17) is 0 Å². The first-order chi connectivity index (χ1) is 8.24. The number of carbonyl (C=O) groups is 1. The summed E-state index contributed by atoms with van der Waals surface area (Å²) in [6, 6.07) is 0. The Kier molecular flexibility index (Phi) is 3.77. The van der Waals surface area contributed by atoms with Gasteiger partial charge in [-0.1, -0.05) is 0 Å². The number of hydrogen-bond donors (Lipinski definition) is 1. The second-order valence-electron chi connectivity index (χ2n) is 3.51. The number of nitrogens with zero attached hydrogens (tertiary/aromatic N) is 3. The highest BCUT2D eigenvalue weighted by Gasteiger charge is 2.06. The lowest BCUT2D eigenvalue weighted by Gasteiger charge is -2.02. The molecule has 1 N–H and O–H groups in total. The van der Waals surface area contributed by atoms with Gasteiger partial charge in [0.25, 0.3) is 0 Å². The second kappa shape index (κ2) is 5.49. The summed E-state index contributed by atoms with van der Waals surface area (Å²) >= 11 is 1.55. The average Bonchev–Trinajstić information content (AvgIpc) is 2.73. The van der Waals surface area contributed by atoms with E-state index >= 15 is 0 Å². The predicted molar refractivity (Wildman–Crippen MR) is 64.4 cm³/mol. The molecule has 0 saturated heterocycles. The van der Waals surface area contributed by atoms with Crippen molar-refractivity contribution in [2.24, 2.45) is 0 Å². The minimum atomic E-state index is -0.0547. The third kappa shape index (κ3) is 3.60. The first kappa shape index (κ1) is 11.7. The van der Waals surface area contributed by atoms with Gasteiger partial charge in [-0.05, 0) is 6.92 Å². The summed E-state index contributed by atoms with van der Waals surface area (Å²) in [5.41, 5.74) is 1.56. The van der Waals surface area contributed by atoms with E-state index in [0.717, 1.165) is 16.4 Å². The van der Waals surface area contributed by atoms with Crippen molar-refractivity contribution >= 4 is 17.2 Å². The van der Waals surface area contributed by atoms with Crippen LogP contribution in [0.5, 0.6) is 0 Å². The molecule has 0 fully saturated rings. The van der Waals surface area contributed by atoms with Crippen molar-refractivity contribution in [3.05, 3.63) is 40.4 Å². The molecule has 0 saturated carbocycles. The molecule has 0 unspecified atom stereocenters. The first-order valence-electron chi connectivity index (χ1n) is 5.16. The van der Waals surface area contributed by atoms with Gasteiger partial charge in [0.15, 0.2) is 0 Å². The average molecular weight is 248 g/mol. The van der Waals surface area contributed by atoms with Crippen LogP contribution in [0.1, 0.15) is 16.4 Å². The molecule has 0 radical (unpaired) electrons. The number of aromatic nitrogens is 3. The van der Waals surface area contributed by atoms with Crippen molar-refractivity contribution in [2.75, 3.05) is 0 Å². The normalized spacial score (nSPS) is 10.2. The largest absolute Gasteiger partial charge is 0.350 e. The van der Waals surface area contributed by atoms with Gasteiger partial charge in [-0.15, -0.1) is 11.3 Å². The highest BCUT2D eigenvalue weighted by atomic mass is 32.1. The molecule has 2 aromatic rings. The molecule has 0 aliphatic carbocycles. The van der Waals surface area contributed by atoms with Gasteiger partial charge in [-0.3, -0.25) is 14.8 Å². The van der Waals surface area contributed by atoms with E-state index in [1.54, 1.807) is 29.9 Å². The number of thiazole rings is 1. The van der Waals surface area contributed by atoms with Crippen molar-refractivity contribution in [3.63, 3.8) is 0 Å². The summed E-state index contributed by atoms with van der Waals surface area (Å²) in [6.45, 7) is 2.32. The van der Waals surface area contributed by atoms with E-state index in [2.05, 4.69) is 20.3 Å². The Morgan fingerprint density at radius 1 is 1.41 bits per heavy atom. The van der Waals surface area contributed by atoms with E-state index < -0.39 is 0 Å². The SMILES string of the molecule is Cc1nc(CC(=O)NCc2cnccn2)cs1. The molecule has 6 heteroatoms. The number of aryl methyl sites for hydroxylation is 1. The lowest BCUT2D eigenvalue weighted by Crippen LogP contribution is -2.25. The molecule has 2 aromatic heterocycles. The Labute approximate surface area is 103 Å². The van der Waals surface area contributed by atoms with Crippen molar-refractivity contribution in [3.8, 4) is 0 Å². The van der Waals surface area contributed by atoms with Gasteiger partial charge in [0, 0.05) is 17.8 Å². The zero-order chi connectivity index (χ0) is 12.1. The molecule has 0 aliphatic heterocycles. The topological polar surface area (TPSA) is 67.8 Å². The van der Waals surface area contributed by atoms with E-state index in [1.165, 1.54) is 0 Å². The number of amides is 1. The van der Waals surface area contributed by atoms with Gasteiger partial charge < -0.3 is 5.32 Å². The van der Waals surface area contributed by atoms with Crippen LogP contribution in [0.2, 0.25) is 0 Å². The molecule has 0 spiro atoms. The number of nitrogens with one attached hydrogen (secondary N) is 1. The molecule has 2 heterocycles. The summed E-state index contributed by atoms with van der Waals surface area (Å²) in [4.78, 5) is 23.8. The summed E-state index contributed by atoms with van der Waals surface area (Å²) in [7, 11) is 0. The van der Waals surface area contributed by atoms with Gasteiger partial charge in [0.05, 0.1) is 35.6 Å². The van der Waals surface area contributed by atoms with Crippen LogP contribution in [0.15, 0.2) is 24.0 Å². The predicted octanol–water partition coefficient (Wildman–Crippen LogP) is 1.10. The quantitative estimate of drug-likeness (QED) is 0.879. The number of rotatable bonds is 4. The Balaban J connectivity index is 1.82. The maximum Gasteiger partial charge on any atom is 0.226 e. The lowest BCUT2D eigenvalue weighted by molar-refractivity contribution is -0.120. The molecule has 88 valence electrons. The molecule has 0 aliphatic rings. The fraction of sp³-hybridized carbons (Fsp3) is 0.273. The zero-order valence-electron chi connectivity index (χ0n) is 9.38. The first-order valence-corrected chi connectivity index (χ1v) is 6.04. The van der Waals surface area contributed by atoms with Crippen LogP contribution >= 0.6 is 11.3 Å². The van der Waals surface area contributed by atoms with Crippen LogP contribution in [0, 0.1) is 6.92 Å². The van der Waals surface area contributed by atoms with Crippen molar-refractivity contribution < 1.29 is 4.79 Å². The van der Waals surface area contributed by atoms with Crippen molar-refractivity contribution in [1.29, 1.82) is 0 Å². The maximum absolute atomic E-state index is 11.6. The van der Waals surface area contributed by atoms with E-state index in [9.17, 15) is 4.79 Å². The van der Waals surface area contributed by atoms with Crippen molar-refractivity contribution in [2.45, 2.75) is 19.9 Å². The molecule has 17 heavy (non-hydrogen) atoms. The monoisotopic (exact) mass is 248 g/mol. The minimum absolute atomic E-state index is 0.0547. The van der Waals surface area contributed by atoms with Gasteiger partial charge in [0.1, 0.15) is 0 Å². The standard InChI is InChI=1S/C11H12N4OS/c1-8-15-9(7-17-8)4-11(16)14-6-10-5-12-2-3-13-10/h2-3,5,7H,4,6H2,1H3,(H,14,16). The van der Waals surface area contributed by atoms with Crippen LogP contribution in [0.4, 0.5) is 0 Å². The molecule has 0 bridgehead atoms. The minimum Gasteiger partial charge on any atom is -0.350 e. The zero-order valence-corrected chi connectivity index (χ0v) is 10.2. The van der Waals surface area contributed by atoms with E-state index in [1.807, 2.05) is 12.3 Å². The summed E-state index contributed by atoms with van der Waals surface area (Å²) in [5, 5.41) is 5.65. The van der Waals surface area contributed by atoms with E-state index in [0.29, 0.717) is 13.0 Å². The van der Waals surface area contributed by atoms with Gasteiger partial charge in [-0.25, -0.2) is 4.98 Å². The molecule has 5 nitrogen and oxygen atoms in total. The molecule has 0 aromatic carbocycles. The maximum atomic E-state index is 11.6. The Morgan fingerprint density at radius 2 is 2.29 bits per heavy atom. The van der Waals surface area contributed by atoms with Crippen LogP contribution in [0.3, 0.4) is 0 Å². The fourth-order valence-electron chi connectivity index (χ4n) is 1.33. The van der Waals surface area contributed by atoms with E-state index in [-0.39, 0.29) is 5.91 Å². The Bertz CT molecular complexity index is 497.